The molecule has 1 amide bonds. The van der Waals surface area contributed by atoms with Gasteiger partial charge in [-0.25, -0.2) is 0 Å². The van der Waals surface area contributed by atoms with Crippen molar-refractivity contribution in [2.24, 2.45) is 16.6 Å². The molecule has 0 aromatic carbocycles. The van der Waals surface area contributed by atoms with Gasteiger partial charge < -0.3 is 19.9 Å². The minimum atomic E-state index is -0.456. The van der Waals surface area contributed by atoms with Crippen LogP contribution >= 0.6 is 0 Å². The van der Waals surface area contributed by atoms with Gasteiger partial charge in [-0.15, -0.1) is 0 Å². The number of likely N-dealkylation sites (tertiary alicyclic amines) is 1. The first-order valence-electron chi connectivity index (χ1n) is 11.7. The lowest BCUT2D eigenvalue weighted by molar-refractivity contribution is -0.136. The van der Waals surface area contributed by atoms with E-state index in [0.717, 1.165) is 45.0 Å². The van der Waals surface area contributed by atoms with Crippen LogP contribution in [-0.2, 0) is 14.1 Å². The maximum absolute atomic E-state index is 12.7. The third kappa shape index (κ3) is 5.77. The second-order valence-corrected chi connectivity index (χ2v) is 11.3. The molecule has 2 saturated heterocycles. The van der Waals surface area contributed by atoms with Gasteiger partial charge in [-0.05, 0) is 91.2 Å². The molecule has 5 nitrogen and oxygen atoms in total. The lowest BCUT2D eigenvalue weighted by atomic mass is 9.61. The number of primary amides is 1. The van der Waals surface area contributed by atoms with Gasteiger partial charge in [0.05, 0.1) is 16.6 Å². The summed E-state index contributed by atoms with van der Waals surface area (Å²) >= 11 is 0. The van der Waals surface area contributed by atoms with Gasteiger partial charge in [0.25, 0.3) is 0 Å². The molecule has 0 saturated carbocycles. The number of nitrogens with two attached hydrogens (primary N) is 1. The van der Waals surface area contributed by atoms with Gasteiger partial charge in [0.15, 0.2) is 0 Å². The van der Waals surface area contributed by atoms with E-state index in [4.69, 9.17) is 15.0 Å². The van der Waals surface area contributed by atoms with E-state index in [-0.39, 0.29) is 29.6 Å². The lowest BCUT2D eigenvalue weighted by Crippen LogP contribution is -2.47. The van der Waals surface area contributed by atoms with E-state index in [1.807, 2.05) is 0 Å². The van der Waals surface area contributed by atoms with Gasteiger partial charge in [0.1, 0.15) is 0 Å². The molecule has 2 N–H and O–H groups in total. The van der Waals surface area contributed by atoms with Crippen LogP contribution in [0.4, 0.5) is 0 Å². The maximum Gasteiger partial charge on any atom is 0.457 e. The molecule has 0 spiro atoms. The molecule has 2 aliphatic rings. The second-order valence-electron chi connectivity index (χ2n) is 11.3. The van der Waals surface area contributed by atoms with Crippen LogP contribution in [0, 0.1) is 10.8 Å². The summed E-state index contributed by atoms with van der Waals surface area (Å²) < 4.78 is 12.2. The number of hydrogen-bond donors (Lipinski definition) is 1. The van der Waals surface area contributed by atoms with Gasteiger partial charge in [0.2, 0.25) is 5.91 Å². The third-order valence-electron chi connectivity index (χ3n) is 7.78. The van der Waals surface area contributed by atoms with E-state index < -0.39 is 5.41 Å². The second kappa shape index (κ2) is 9.27. The highest BCUT2D eigenvalue weighted by Crippen LogP contribution is 2.47. The fraction of sp³-hybridized carbons (Fsp3) is 0.957. The van der Waals surface area contributed by atoms with Crippen molar-refractivity contribution in [1.82, 2.24) is 4.90 Å². The fourth-order valence-electron chi connectivity index (χ4n) is 4.92. The zero-order chi connectivity index (χ0) is 21.9. The van der Waals surface area contributed by atoms with Gasteiger partial charge in [-0.2, -0.15) is 0 Å². The number of carbonyl (C=O) groups excluding carboxylic acids is 1. The fourth-order valence-corrected chi connectivity index (χ4v) is 4.92. The predicted molar refractivity (Wildman–Crippen MR) is 121 cm³/mol. The van der Waals surface area contributed by atoms with Crippen LogP contribution in [0.15, 0.2) is 0 Å². The molecular weight excluding hydrogens is 363 g/mol. The van der Waals surface area contributed by atoms with E-state index >= 15 is 0 Å². The molecule has 0 aromatic rings. The summed E-state index contributed by atoms with van der Waals surface area (Å²) in [4.78, 5) is 15.2. The first kappa shape index (κ1) is 24.7. The summed E-state index contributed by atoms with van der Waals surface area (Å²) in [7, 11) is -0.159. The highest BCUT2D eigenvalue weighted by atomic mass is 16.7. The van der Waals surface area contributed by atoms with Crippen molar-refractivity contribution in [3.8, 4) is 0 Å². The molecule has 2 heterocycles. The van der Waals surface area contributed by atoms with E-state index in [1.165, 1.54) is 25.9 Å². The molecule has 0 bridgehead atoms. The summed E-state index contributed by atoms with van der Waals surface area (Å²) in [5.41, 5.74) is 4.86. The molecule has 1 unspecified atom stereocenters. The van der Waals surface area contributed by atoms with Crippen LogP contribution in [0.5, 0.6) is 0 Å². The number of unbranched alkanes of at least 4 members (excludes halogenated alkanes) is 1. The van der Waals surface area contributed by atoms with Crippen molar-refractivity contribution in [2.45, 2.75) is 111 Å². The van der Waals surface area contributed by atoms with Gasteiger partial charge in [-0.1, -0.05) is 33.6 Å². The van der Waals surface area contributed by atoms with Crippen LogP contribution in [0.25, 0.3) is 0 Å². The normalized spacial score (nSPS) is 24.0. The Kier molecular flexibility index (Phi) is 7.89. The standard InChI is InChI=1S/C23H45BN2O3/c1-20(2,3)23(19(25)27,14-12-18-26-16-10-11-17-26)13-8-9-15-24-28-21(4,5)22(6,7)29-24/h8-18H2,1-7H3,(H2,25,27). The Balaban J connectivity index is 1.89. The number of amides is 1. The Bertz CT molecular complexity index is 537. The minimum absolute atomic E-state index is 0.137. The van der Waals surface area contributed by atoms with E-state index in [9.17, 15) is 4.79 Å². The quantitative estimate of drug-likeness (QED) is 0.422. The van der Waals surface area contributed by atoms with Crippen molar-refractivity contribution in [1.29, 1.82) is 0 Å². The molecular formula is C23H45BN2O3. The predicted octanol–water partition coefficient (Wildman–Crippen LogP) is 4.64. The summed E-state index contributed by atoms with van der Waals surface area (Å²) in [6.45, 7) is 18.3. The molecule has 2 fully saturated rings. The van der Waals surface area contributed by atoms with Crippen molar-refractivity contribution in [2.75, 3.05) is 19.6 Å². The Morgan fingerprint density at radius 1 is 0.966 bits per heavy atom. The Morgan fingerprint density at radius 2 is 1.48 bits per heavy atom. The zero-order valence-corrected chi connectivity index (χ0v) is 20.1. The molecule has 1 atom stereocenters. The number of rotatable bonds is 10. The van der Waals surface area contributed by atoms with E-state index in [1.54, 1.807) is 0 Å². The van der Waals surface area contributed by atoms with Crippen molar-refractivity contribution in [3.05, 3.63) is 0 Å². The third-order valence-corrected chi connectivity index (χ3v) is 7.78. The maximum atomic E-state index is 12.7. The average Bonchev–Trinajstić information content (AvgIpc) is 3.14. The van der Waals surface area contributed by atoms with Crippen molar-refractivity contribution < 1.29 is 14.1 Å². The van der Waals surface area contributed by atoms with Crippen LogP contribution in [0.3, 0.4) is 0 Å². The minimum Gasteiger partial charge on any atom is -0.403 e. The van der Waals surface area contributed by atoms with Gasteiger partial charge in [0, 0.05) is 0 Å². The monoisotopic (exact) mass is 408 g/mol. The van der Waals surface area contributed by atoms with E-state index in [0.29, 0.717) is 0 Å². The SMILES string of the molecule is CC(C)(C)C(CCCCB1OC(C)(C)C(C)(C)O1)(CCCN1CCCC1)C(N)=O. The lowest BCUT2D eigenvalue weighted by Gasteiger charge is -2.43. The van der Waals surface area contributed by atoms with Crippen LogP contribution in [0.2, 0.25) is 6.32 Å². The topological polar surface area (TPSA) is 64.8 Å². The first-order chi connectivity index (χ1) is 13.3. The summed E-state index contributed by atoms with van der Waals surface area (Å²) in [5.74, 6) is -0.137. The highest BCUT2D eigenvalue weighted by molar-refractivity contribution is 6.45. The van der Waals surface area contributed by atoms with Crippen LogP contribution in [-0.4, -0.2) is 48.8 Å². The molecule has 29 heavy (non-hydrogen) atoms. The van der Waals surface area contributed by atoms with Gasteiger partial charge >= 0.3 is 7.12 Å². The number of nitrogens with zero attached hydrogens (tertiary/aromatic N) is 1. The molecule has 2 aliphatic heterocycles. The average molecular weight is 408 g/mol. The van der Waals surface area contributed by atoms with E-state index in [2.05, 4.69) is 53.4 Å². The first-order valence-corrected chi connectivity index (χ1v) is 11.7. The molecule has 0 aromatic heterocycles. The van der Waals surface area contributed by atoms with Crippen molar-refractivity contribution >= 4 is 13.0 Å². The molecule has 0 radical (unpaired) electrons. The number of carbonyl (C=O) groups is 1. The van der Waals surface area contributed by atoms with Crippen molar-refractivity contribution in [3.63, 3.8) is 0 Å². The molecule has 6 heteroatoms. The molecule has 2 rings (SSSR count). The van der Waals surface area contributed by atoms with Gasteiger partial charge in [-0.3, -0.25) is 4.79 Å². The Morgan fingerprint density at radius 3 is 1.97 bits per heavy atom. The summed E-state index contributed by atoms with van der Waals surface area (Å²) in [6.07, 6.45) is 8.17. The Hall–Kier alpha value is -0.585. The largest absolute Gasteiger partial charge is 0.457 e. The summed E-state index contributed by atoms with van der Waals surface area (Å²) in [5, 5.41) is 0. The number of hydrogen-bond acceptors (Lipinski definition) is 4. The molecule has 0 aliphatic carbocycles. The zero-order valence-electron chi connectivity index (χ0n) is 20.1. The highest BCUT2D eigenvalue weighted by Gasteiger charge is 2.51. The molecule has 168 valence electrons. The van der Waals surface area contributed by atoms with Crippen LogP contribution < -0.4 is 5.73 Å². The summed E-state index contributed by atoms with van der Waals surface area (Å²) in [6, 6.07) is 0. The van der Waals surface area contributed by atoms with Crippen LogP contribution in [0.1, 0.15) is 93.4 Å². The Labute approximate surface area is 179 Å². The smallest absolute Gasteiger partial charge is 0.403 e.